The van der Waals surface area contributed by atoms with Gasteiger partial charge in [0.15, 0.2) is 0 Å². The topological polar surface area (TPSA) is 49.4 Å². The van der Waals surface area contributed by atoms with E-state index in [0.717, 1.165) is 37.1 Å². The predicted molar refractivity (Wildman–Crippen MR) is 77.3 cm³/mol. The van der Waals surface area contributed by atoms with Crippen LogP contribution in [0.15, 0.2) is 24.3 Å². The number of nitrogens with one attached hydrogen (secondary N) is 1. The van der Waals surface area contributed by atoms with Crippen molar-refractivity contribution in [1.82, 2.24) is 9.62 Å². The highest BCUT2D eigenvalue weighted by molar-refractivity contribution is 7.89. The fourth-order valence-electron chi connectivity index (χ4n) is 2.34. The van der Waals surface area contributed by atoms with Gasteiger partial charge in [-0.15, -0.1) is 0 Å². The van der Waals surface area contributed by atoms with Gasteiger partial charge >= 0.3 is 0 Å². The second kappa shape index (κ2) is 6.50. The Labute approximate surface area is 115 Å². The predicted octanol–water partition coefficient (Wildman–Crippen LogP) is 1.72. The van der Waals surface area contributed by atoms with Crippen molar-refractivity contribution in [1.29, 1.82) is 0 Å². The number of nitrogens with zero attached hydrogens (tertiary/aromatic N) is 1. The zero-order chi connectivity index (χ0) is 13.7. The first-order valence-electron chi connectivity index (χ1n) is 6.89. The Balaban J connectivity index is 1.85. The van der Waals surface area contributed by atoms with Gasteiger partial charge in [-0.25, -0.2) is 8.42 Å². The molecule has 0 unspecified atom stereocenters. The minimum atomic E-state index is -3.11. The maximum absolute atomic E-state index is 12.2. The van der Waals surface area contributed by atoms with Crippen LogP contribution in [0, 0.1) is 0 Å². The van der Waals surface area contributed by atoms with E-state index < -0.39 is 10.0 Å². The Hall–Kier alpha value is -0.910. The molecule has 0 atom stereocenters. The van der Waals surface area contributed by atoms with Gasteiger partial charge in [-0.3, -0.25) is 0 Å². The van der Waals surface area contributed by atoms with Gasteiger partial charge in [0.05, 0.1) is 5.75 Å². The Morgan fingerprint density at radius 3 is 2.37 bits per heavy atom. The first-order valence-corrected chi connectivity index (χ1v) is 8.49. The van der Waals surface area contributed by atoms with Crippen LogP contribution < -0.4 is 5.32 Å². The summed E-state index contributed by atoms with van der Waals surface area (Å²) in [4.78, 5) is 0. The van der Waals surface area contributed by atoms with Crippen molar-refractivity contribution < 1.29 is 8.42 Å². The molecule has 0 saturated heterocycles. The zero-order valence-corrected chi connectivity index (χ0v) is 12.2. The standard InChI is InChI=1S/C14H22N2O2S/c1-2-15-9-5-6-10-19(17,18)16-11-13-7-3-4-8-14(13)12-16/h3-4,7-8,15H,2,5-6,9-12H2,1H3. The SMILES string of the molecule is CCNCCCCS(=O)(=O)N1Cc2ccccc2C1. The highest BCUT2D eigenvalue weighted by Gasteiger charge is 2.28. The van der Waals surface area contributed by atoms with E-state index >= 15 is 0 Å². The summed E-state index contributed by atoms with van der Waals surface area (Å²) in [6, 6.07) is 7.95. The Kier molecular flexibility index (Phi) is 4.96. The van der Waals surface area contributed by atoms with Crippen LogP contribution in [0.2, 0.25) is 0 Å². The van der Waals surface area contributed by atoms with E-state index in [1.807, 2.05) is 24.3 Å². The van der Waals surface area contributed by atoms with E-state index in [0.29, 0.717) is 13.1 Å². The van der Waals surface area contributed by atoms with Crippen LogP contribution in [0.4, 0.5) is 0 Å². The molecule has 0 bridgehead atoms. The second-order valence-electron chi connectivity index (χ2n) is 4.91. The molecule has 1 aromatic carbocycles. The molecule has 0 aromatic heterocycles. The van der Waals surface area contributed by atoms with Crippen molar-refractivity contribution in [3.05, 3.63) is 35.4 Å². The van der Waals surface area contributed by atoms with E-state index in [1.54, 1.807) is 4.31 Å². The van der Waals surface area contributed by atoms with E-state index in [4.69, 9.17) is 0 Å². The molecule has 1 aliphatic heterocycles. The molecule has 4 nitrogen and oxygen atoms in total. The lowest BCUT2D eigenvalue weighted by Crippen LogP contribution is -2.28. The number of hydrogen-bond donors (Lipinski definition) is 1. The molecule has 0 fully saturated rings. The largest absolute Gasteiger partial charge is 0.317 e. The molecule has 19 heavy (non-hydrogen) atoms. The van der Waals surface area contributed by atoms with Gasteiger partial charge in [0.1, 0.15) is 0 Å². The summed E-state index contributed by atoms with van der Waals surface area (Å²) >= 11 is 0. The van der Waals surface area contributed by atoms with Crippen molar-refractivity contribution in [2.75, 3.05) is 18.8 Å². The van der Waals surface area contributed by atoms with Crippen LogP contribution in [-0.4, -0.2) is 31.6 Å². The number of benzene rings is 1. The number of hydrogen-bond acceptors (Lipinski definition) is 3. The summed E-state index contributed by atoms with van der Waals surface area (Å²) in [5.74, 6) is 0.256. The monoisotopic (exact) mass is 282 g/mol. The molecule has 0 spiro atoms. The van der Waals surface area contributed by atoms with Crippen molar-refractivity contribution >= 4 is 10.0 Å². The number of unbranched alkanes of at least 4 members (excludes halogenated alkanes) is 1. The zero-order valence-electron chi connectivity index (χ0n) is 11.4. The third kappa shape index (κ3) is 3.78. The van der Waals surface area contributed by atoms with Gasteiger partial charge in [-0.05, 0) is 37.1 Å². The van der Waals surface area contributed by atoms with Crippen LogP contribution in [-0.2, 0) is 23.1 Å². The molecule has 1 N–H and O–H groups in total. The number of sulfonamides is 1. The van der Waals surface area contributed by atoms with Crippen LogP contribution in [0.1, 0.15) is 30.9 Å². The third-order valence-corrected chi connectivity index (χ3v) is 5.31. The molecule has 1 aromatic rings. The first kappa shape index (κ1) is 14.5. The quantitative estimate of drug-likeness (QED) is 0.775. The Morgan fingerprint density at radius 2 is 1.79 bits per heavy atom. The second-order valence-corrected chi connectivity index (χ2v) is 7.00. The molecule has 0 saturated carbocycles. The van der Waals surface area contributed by atoms with E-state index in [-0.39, 0.29) is 5.75 Å². The average Bonchev–Trinajstić information content (AvgIpc) is 2.83. The third-order valence-electron chi connectivity index (χ3n) is 3.46. The minimum absolute atomic E-state index is 0.256. The molecule has 0 aliphatic carbocycles. The van der Waals surface area contributed by atoms with Gasteiger partial charge in [0.2, 0.25) is 10.0 Å². The fraction of sp³-hybridized carbons (Fsp3) is 0.571. The number of rotatable bonds is 7. The summed E-state index contributed by atoms with van der Waals surface area (Å²) in [7, 11) is -3.11. The molecule has 2 rings (SSSR count). The van der Waals surface area contributed by atoms with Crippen molar-refractivity contribution in [2.24, 2.45) is 0 Å². The molecule has 1 heterocycles. The smallest absolute Gasteiger partial charge is 0.214 e. The van der Waals surface area contributed by atoms with Gasteiger partial charge in [-0.1, -0.05) is 31.2 Å². The van der Waals surface area contributed by atoms with Crippen LogP contribution in [0.5, 0.6) is 0 Å². The van der Waals surface area contributed by atoms with Crippen molar-refractivity contribution in [3.63, 3.8) is 0 Å². The van der Waals surface area contributed by atoms with Crippen LogP contribution in [0.3, 0.4) is 0 Å². The van der Waals surface area contributed by atoms with E-state index in [1.165, 1.54) is 0 Å². The maximum atomic E-state index is 12.2. The van der Waals surface area contributed by atoms with Crippen molar-refractivity contribution in [2.45, 2.75) is 32.9 Å². The van der Waals surface area contributed by atoms with Gasteiger partial charge in [0, 0.05) is 13.1 Å². The van der Waals surface area contributed by atoms with Crippen LogP contribution >= 0.6 is 0 Å². The van der Waals surface area contributed by atoms with Gasteiger partial charge in [0.25, 0.3) is 0 Å². The van der Waals surface area contributed by atoms with Crippen molar-refractivity contribution in [3.8, 4) is 0 Å². The normalized spacial score (nSPS) is 15.6. The highest BCUT2D eigenvalue weighted by atomic mass is 32.2. The van der Waals surface area contributed by atoms with E-state index in [2.05, 4.69) is 12.2 Å². The lowest BCUT2D eigenvalue weighted by Gasteiger charge is -2.15. The average molecular weight is 282 g/mol. The molecular formula is C14H22N2O2S. The highest BCUT2D eigenvalue weighted by Crippen LogP contribution is 2.25. The lowest BCUT2D eigenvalue weighted by molar-refractivity contribution is 0.430. The minimum Gasteiger partial charge on any atom is -0.317 e. The molecular weight excluding hydrogens is 260 g/mol. The maximum Gasteiger partial charge on any atom is 0.214 e. The Bertz CT molecular complexity index is 489. The fourth-order valence-corrected chi connectivity index (χ4v) is 3.84. The Morgan fingerprint density at radius 1 is 1.16 bits per heavy atom. The molecule has 5 heteroatoms. The van der Waals surface area contributed by atoms with E-state index in [9.17, 15) is 8.42 Å². The molecule has 1 aliphatic rings. The summed E-state index contributed by atoms with van der Waals surface area (Å²) in [5, 5.41) is 3.21. The van der Waals surface area contributed by atoms with Gasteiger partial charge in [-0.2, -0.15) is 4.31 Å². The summed E-state index contributed by atoms with van der Waals surface area (Å²) in [5.41, 5.74) is 2.28. The lowest BCUT2D eigenvalue weighted by atomic mass is 10.1. The first-order chi connectivity index (χ1) is 9.13. The van der Waals surface area contributed by atoms with Crippen LogP contribution in [0.25, 0.3) is 0 Å². The summed E-state index contributed by atoms with van der Waals surface area (Å²) in [6.07, 6.45) is 1.63. The number of fused-ring (bicyclic) bond motifs is 1. The molecule has 0 radical (unpaired) electrons. The summed E-state index contributed by atoms with van der Waals surface area (Å²) < 4.78 is 26.1. The molecule has 106 valence electrons. The molecule has 0 amide bonds. The summed E-state index contributed by atoms with van der Waals surface area (Å²) in [6.45, 7) is 4.95. The van der Waals surface area contributed by atoms with Gasteiger partial charge < -0.3 is 5.32 Å².